The Morgan fingerprint density at radius 2 is 2.00 bits per heavy atom. The van der Waals surface area contributed by atoms with Crippen LogP contribution in [0.5, 0.6) is 0 Å². The van der Waals surface area contributed by atoms with Gasteiger partial charge in [-0.3, -0.25) is 0 Å². The average Bonchev–Trinajstić information content (AvgIpc) is 2.38. The second kappa shape index (κ2) is 3.61. The van der Waals surface area contributed by atoms with Crippen molar-refractivity contribution in [1.29, 1.82) is 0 Å². The van der Waals surface area contributed by atoms with Crippen LogP contribution >= 0.6 is 0 Å². The van der Waals surface area contributed by atoms with E-state index in [0.29, 0.717) is 0 Å². The van der Waals surface area contributed by atoms with Crippen molar-refractivity contribution in [3.05, 3.63) is 34.7 Å². The molecule has 1 aromatic rings. The minimum absolute atomic E-state index is 0.225. The zero-order chi connectivity index (χ0) is 10.9. The third-order valence-corrected chi connectivity index (χ3v) is 2.72. The lowest BCUT2D eigenvalue weighted by Crippen LogP contribution is -2.27. The molecule has 0 saturated carbocycles. The third kappa shape index (κ3) is 2.14. The largest absolute Gasteiger partial charge is 0.244 e. The highest BCUT2D eigenvalue weighted by Crippen LogP contribution is 2.28. The van der Waals surface area contributed by atoms with E-state index in [1.807, 2.05) is 6.20 Å². The van der Waals surface area contributed by atoms with E-state index in [1.54, 1.807) is 6.33 Å². The topological polar surface area (TPSA) is 25.8 Å². The predicted octanol–water partition coefficient (Wildman–Crippen LogP) is 1.41. The standard InChI is InChI=1S/C13H16N2/c1-13(2,3)11-5-4-10-8-14-9-15-12(10)7-6-11/h4,6-9H,5H2,1-3H3. The Balaban J connectivity index is 2.52. The molecule has 1 aliphatic carbocycles. The van der Waals surface area contributed by atoms with Crippen molar-refractivity contribution < 1.29 is 0 Å². The maximum atomic E-state index is 4.25. The molecule has 0 aromatic carbocycles. The van der Waals surface area contributed by atoms with Crippen LogP contribution in [0.15, 0.2) is 24.2 Å². The van der Waals surface area contributed by atoms with Crippen molar-refractivity contribution in [3.8, 4) is 0 Å². The lowest BCUT2D eigenvalue weighted by Gasteiger charge is -2.21. The van der Waals surface area contributed by atoms with Gasteiger partial charge in [0.2, 0.25) is 0 Å². The van der Waals surface area contributed by atoms with Crippen molar-refractivity contribution >= 4 is 12.2 Å². The summed E-state index contributed by atoms with van der Waals surface area (Å²) in [7, 11) is 0. The Morgan fingerprint density at radius 3 is 2.73 bits per heavy atom. The normalized spacial score (nSPS) is 15.5. The number of allylic oxidation sites excluding steroid dienone is 2. The van der Waals surface area contributed by atoms with Crippen LogP contribution in [0.2, 0.25) is 0 Å². The number of fused-ring (bicyclic) bond motifs is 1. The first-order valence-corrected chi connectivity index (χ1v) is 5.25. The molecule has 0 spiro atoms. The van der Waals surface area contributed by atoms with E-state index in [-0.39, 0.29) is 5.41 Å². The highest BCUT2D eigenvalue weighted by Gasteiger charge is 2.15. The SMILES string of the molecule is CC(C)(C)C1=CC=c2ncncc2=CC1. The van der Waals surface area contributed by atoms with Crippen molar-refractivity contribution in [3.63, 3.8) is 0 Å². The first-order chi connectivity index (χ1) is 7.07. The maximum Gasteiger partial charge on any atom is 0.116 e. The summed E-state index contributed by atoms with van der Waals surface area (Å²) in [5, 5.41) is 2.15. The Morgan fingerprint density at radius 1 is 1.20 bits per heavy atom. The summed E-state index contributed by atoms with van der Waals surface area (Å²) >= 11 is 0. The van der Waals surface area contributed by atoms with E-state index >= 15 is 0 Å². The molecule has 1 aromatic heterocycles. The number of hydrogen-bond donors (Lipinski definition) is 0. The van der Waals surface area contributed by atoms with Gasteiger partial charge in [-0.1, -0.05) is 38.5 Å². The average molecular weight is 200 g/mol. The van der Waals surface area contributed by atoms with Crippen LogP contribution < -0.4 is 10.6 Å². The lowest BCUT2D eigenvalue weighted by molar-refractivity contribution is 0.497. The minimum Gasteiger partial charge on any atom is -0.244 e. The summed E-state index contributed by atoms with van der Waals surface area (Å²) in [5.74, 6) is 0. The number of hydrogen-bond acceptors (Lipinski definition) is 2. The van der Waals surface area contributed by atoms with Crippen LogP contribution in [0.25, 0.3) is 12.2 Å². The molecule has 0 saturated heterocycles. The van der Waals surface area contributed by atoms with Gasteiger partial charge in [-0.25, -0.2) is 9.97 Å². The molecule has 0 radical (unpaired) electrons. The molecule has 2 heteroatoms. The van der Waals surface area contributed by atoms with Crippen molar-refractivity contribution in [2.24, 2.45) is 5.41 Å². The highest BCUT2D eigenvalue weighted by molar-refractivity contribution is 5.46. The first kappa shape index (κ1) is 10.1. The molecule has 0 amide bonds. The second-order valence-electron chi connectivity index (χ2n) is 4.88. The summed E-state index contributed by atoms with van der Waals surface area (Å²) in [5.41, 5.74) is 1.66. The van der Waals surface area contributed by atoms with Gasteiger partial charge in [0, 0.05) is 11.4 Å². The molecule has 0 bridgehead atoms. The molecule has 2 nitrogen and oxygen atoms in total. The molecule has 0 unspecified atom stereocenters. The zero-order valence-corrected chi connectivity index (χ0v) is 9.49. The third-order valence-electron chi connectivity index (χ3n) is 2.72. The van der Waals surface area contributed by atoms with Gasteiger partial charge in [-0.2, -0.15) is 0 Å². The Labute approximate surface area is 90.1 Å². The predicted molar refractivity (Wildman–Crippen MR) is 62.4 cm³/mol. The molecule has 0 aliphatic heterocycles. The summed E-state index contributed by atoms with van der Waals surface area (Å²) < 4.78 is 0. The fourth-order valence-corrected chi connectivity index (χ4v) is 1.67. The maximum absolute atomic E-state index is 4.25. The van der Waals surface area contributed by atoms with Gasteiger partial charge in [0.15, 0.2) is 0 Å². The molecule has 1 heterocycles. The van der Waals surface area contributed by atoms with E-state index in [2.05, 4.69) is 49.0 Å². The summed E-state index contributed by atoms with van der Waals surface area (Å²) in [6.07, 6.45) is 10.9. The van der Waals surface area contributed by atoms with Gasteiger partial charge in [0.1, 0.15) is 6.33 Å². The van der Waals surface area contributed by atoms with Crippen LogP contribution in [0.1, 0.15) is 27.2 Å². The van der Waals surface area contributed by atoms with Crippen LogP contribution in [0.3, 0.4) is 0 Å². The Kier molecular flexibility index (Phi) is 2.43. The monoisotopic (exact) mass is 200 g/mol. The molecule has 2 rings (SSSR count). The van der Waals surface area contributed by atoms with E-state index in [9.17, 15) is 0 Å². The molecular formula is C13H16N2. The summed E-state index contributed by atoms with van der Waals surface area (Å²) in [6, 6.07) is 0. The van der Waals surface area contributed by atoms with Crippen LogP contribution in [0.4, 0.5) is 0 Å². The number of rotatable bonds is 0. The van der Waals surface area contributed by atoms with Gasteiger partial charge < -0.3 is 0 Å². The molecule has 1 aliphatic rings. The summed E-state index contributed by atoms with van der Waals surface area (Å²) in [4.78, 5) is 8.29. The molecule has 0 N–H and O–H groups in total. The van der Waals surface area contributed by atoms with Crippen molar-refractivity contribution in [2.75, 3.05) is 0 Å². The van der Waals surface area contributed by atoms with Crippen LogP contribution in [0, 0.1) is 5.41 Å². The van der Waals surface area contributed by atoms with Crippen LogP contribution in [-0.4, -0.2) is 9.97 Å². The fourth-order valence-electron chi connectivity index (χ4n) is 1.67. The van der Waals surface area contributed by atoms with E-state index < -0.39 is 0 Å². The quantitative estimate of drug-likeness (QED) is 0.633. The highest BCUT2D eigenvalue weighted by atomic mass is 14.8. The van der Waals surface area contributed by atoms with E-state index in [0.717, 1.165) is 17.0 Å². The van der Waals surface area contributed by atoms with Crippen molar-refractivity contribution in [1.82, 2.24) is 9.97 Å². The van der Waals surface area contributed by atoms with Gasteiger partial charge >= 0.3 is 0 Å². The van der Waals surface area contributed by atoms with Gasteiger partial charge in [0.25, 0.3) is 0 Å². The summed E-state index contributed by atoms with van der Waals surface area (Å²) in [6.45, 7) is 6.71. The fraction of sp³-hybridized carbons (Fsp3) is 0.385. The molecule has 15 heavy (non-hydrogen) atoms. The van der Waals surface area contributed by atoms with Gasteiger partial charge in [-0.05, 0) is 17.9 Å². The van der Waals surface area contributed by atoms with Crippen molar-refractivity contribution in [2.45, 2.75) is 27.2 Å². The smallest absolute Gasteiger partial charge is 0.116 e. The van der Waals surface area contributed by atoms with Crippen LogP contribution in [-0.2, 0) is 0 Å². The molecule has 0 fully saturated rings. The van der Waals surface area contributed by atoms with Gasteiger partial charge in [-0.15, -0.1) is 0 Å². The molecular weight excluding hydrogens is 184 g/mol. The number of nitrogens with zero attached hydrogens (tertiary/aromatic N) is 2. The first-order valence-electron chi connectivity index (χ1n) is 5.25. The minimum atomic E-state index is 0.225. The molecule has 78 valence electrons. The Bertz CT molecular complexity index is 504. The molecule has 0 atom stereocenters. The van der Waals surface area contributed by atoms with E-state index in [1.165, 1.54) is 5.57 Å². The lowest BCUT2D eigenvalue weighted by atomic mass is 9.84. The zero-order valence-electron chi connectivity index (χ0n) is 9.49. The second-order valence-corrected chi connectivity index (χ2v) is 4.88. The van der Waals surface area contributed by atoms with Gasteiger partial charge in [0.05, 0.1) is 5.35 Å². The van der Waals surface area contributed by atoms with E-state index in [4.69, 9.17) is 0 Å². The number of aromatic nitrogens is 2. The Hall–Kier alpha value is -1.44.